The van der Waals surface area contributed by atoms with Gasteiger partial charge in [0.15, 0.2) is 10.1 Å². The van der Waals surface area contributed by atoms with Gasteiger partial charge in [-0.25, -0.2) is 0 Å². The largest absolute Gasteiger partial charge is 0.435 e. The summed E-state index contributed by atoms with van der Waals surface area (Å²) >= 11 is 2.31. The van der Waals surface area contributed by atoms with E-state index in [0.29, 0.717) is 14.9 Å². The molecule has 0 atom stereocenters. The Morgan fingerprint density at radius 2 is 2.04 bits per heavy atom. The Bertz CT molecular complexity index is 972. The number of alkyl halides is 2. The lowest BCUT2D eigenvalue weighted by molar-refractivity contribution is -0.0498. The van der Waals surface area contributed by atoms with Gasteiger partial charge in [0.2, 0.25) is 4.96 Å². The molecule has 0 amide bonds. The standard InChI is InChI=1S/C14H10F2N4O3S2/c1-7-11(22)20-13(18-17-7)25-14(19-20)24-6-10(21)8-2-4-9(5-3-8)23-12(15)16/h2-5,12H,6H2,1H3. The molecule has 0 aliphatic carbocycles. The van der Waals surface area contributed by atoms with Crippen molar-refractivity contribution >= 4 is 33.8 Å². The number of Topliss-reactive ketones (excluding diaryl/α,β-unsaturated/α-hetero) is 1. The lowest BCUT2D eigenvalue weighted by Crippen LogP contribution is -2.19. The van der Waals surface area contributed by atoms with Crippen molar-refractivity contribution in [2.75, 3.05) is 5.75 Å². The number of hydrogen-bond donors (Lipinski definition) is 0. The molecular formula is C14H10F2N4O3S2. The number of hydrogen-bond acceptors (Lipinski definition) is 8. The molecule has 3 aromatic rings. The zero-order valence-electron chi connectivity index (χ0n) is 12.7. The van der Waals surface area contributed by atoms with Crippen LogP contribution in [0, 0.1) is 6.92 Å². The number of halogens is 2. The summed E-state index contributed by atoms with van der Waals surface area (Å²) in [6.07, 6.45) is 0. The number of carbonyl (C=O) groups excluding carboxylic acids is 1. The number of nitrogens with zero attached hydrogens (tertiary/aromatic N) is 4. The second kappa shape index (κ2) is 7.23. The molecule has 1 aromatic carbocycles. The van der Waals surface area contributed by atoms with Crippen LogP contribution in [-0.4, -0.2) is 38.0 Å². The molecule has 2 heterocycles. The van der Waals surface area contributed by atoms with Gasteiger partial charge >= 0.3 is 6.61 Å². The van der Waals surface area contributed by atoms with Crippen molar-refractivity contribution < 1.29 is 18.3 Å². The van der Waals surface area contributed by atoms with Crippen LogP contribution in [0.3, 0.4) is 0 Å². The van der Waals surface area contributed by atoms with Gasteiger partial charge in [-0.15, -0.1) is 15.3 Å². The number of thioether (sulfide) groups is 1. The molecule has 0 spiro atoms. The van der Waals surface area contributed by atoms with Crippen molar-refractivity contribution in [1.82, 2.24) is 19.8 Å². The molecule has 0 saturated heterocycles. The Hall–Kier alpha value is -2.40. The molecule has 0 N–H and O–H groups in total. The number of aryl methyl sites for hydroxylation is 1. The Kier molecular flexibility index (Phi) is 5.04. The number of rotatable bonds is 6. The van der Waals surface area contributed by atoms with E-state index in [0.717, 1.165) is 27.6 Å². The lowest BCUT2D eigenvalue weighted by atomic mass is 10.1. The SMILES string of the molecule is Cc1nnc2sc(SCC(=O)c3ccc(OC(F)F)cc3)nn2c1=O. The van der Waals surface area contributed by atoms with E-state index in [9.17, 15) is 18.4 Å². The van der Waals surface area contributed by atoms with Gasteiger partial charge in [-0.2, -0.15) is 13.3 Å². The molecule has 11 heteroatoms. The second-order valence-corrected chi connectivity index (χ2v) is 6.95. The van der Waals surface area contributed by atoms with Crippen LogP contribution in [0.2, 0.25) is 0 Å². The maximum Gasteiger partial charge on any atom is 0.387 e. The molecule has 0 aliphatic heterocycles. The Balaban J connectivity index is 1.68. The van der Waals surface area contributed by atoms with E-state index in [1.807, 2.05) is 0 Å². The third-order valence-electron chi connectivity index (χ3n) is 3.06. The lowest BCUT2D eigenvalue weighted by Gasteiger charge is -2.05. The summed E-state index contributed by atoms with van der Waals surface area (Å²) in [6.45, 7) is -1.37. The highest BCUT2D eigenvalue weighted by Crippen LogP contribution is 2.24. The number of aromatic nitrogens is 4. The van der Waals surface area contributed by atoms with Crippen LogP contribution in [0.5, 0.6) is 5.75 Å². The maximum absolute atomic E-state index is 12.2. The van der Waals surface area contributed by atoms with Gasteiger partial charge in [0.05, 0.1) is 5.75 Å². The predicted molar refractivity (Wildman–Crippen MR) is 87.8 cm³/mol. The molecule has 0 fully saturated rings. The minimum atomic E-state index is -2.91. The van der Waals surface area contributed by atoms with Gasteiger partial charge in [0.25, 0.3) is 5.56 Å². The molecule has 130 valence electrons. The topological polar surface area (TPSA) is 86.4 Å². The van der Waals surface area contributed by atoms with E-state index in [4.69, 9.17) is 0 Å². The van der Waals surface area contributed by atoms with E-state index in [1.54, 1.807) is 6.92 Å². The molecule has 7 nitrogen and oxygen atoms in total. The van der Waals surface area contributed by atoms with E-state index in [1.165, 1.54) is 24.3 Å². The first-order valence-electron chi connectivity index (χ1n) is 6.88. The summed E-state index contributed by atoms with van der Waals surface area (Å²) in [5.74, 6) is -0.142. The van der Waals surface area contributed by atoms with Crippen LogP contribution in [0.1, 0.15) is 16.1 Å². The highest BCUT2D eigenvalue weighted by Gasteiger charge is 2.13. The maximum atomic E-state index is 12.2. The number of fused-ring (bicyclic) bond motifs is 1. The van der Waals surface area contributed by atoms with Gasteiger partial charge in [-0.1, -0.05) is 23.1 Å². The smallest absolute Gasteiger partial charge is 0.387 e. The molecule has 25 heavy (non-hydrogen) atoms. The fraction of sp³-hybridized carbons (Fsp3) is 0.214. The Labute approximate surface area is 147 Å². The van der Waals surface area contributed by atoms with Crippen LogP contribution in [0.4, 0.5) is 8.78 Å². The van der Waals surface area contributed by atoms with Crippen molar-refractivity contribution in [3.8, 4) is 5.75 Å². The van der Waals surface area contributed by atoms with Crippen molar-refractivity contribution in [3.63, 3.8) is 0 Å². The van der Waals surface area contributed by atoms with E-state index < -0.39 is 6.61 Å². The molecular weight excluding hydrogens is 374 g/mol. The van der Waals surface area contributed by atoms with Crippen molar-refractivity contribution in [3.05, 3.63) is 45.9 Å². The molecule has 0 radical (unpaired) electrons. The average molecular weight is 384 g/mol. The summed E-state index contributed by atoms with van der Waals surface area (Å²) < 4.78 is 30.1. The first-order valence-corrected chi connectivity index (χ1v) is 8.68. The monoisotopic (exact) mass is 384 g/mol. The van der Waals surface area contributed by atoms with Crippen molar-refractivity contribution in [2.45, 2.75) is 17.9 Å². The molecule has 0 aliphatic rings. The molecule has 3 rings (SSSR count). The minimum Gasteiger partial charge on any atom is -0.435 e. The highest BCUT2D eigenvalue weighted by molar-refractivity contribution is 8.01. The number of carbonyl (C=O) groups is 1. The molecule has 0 saturated carbocycles. The Morgan fingerprint density at radius 3 is 2.72 bits per heavy atom. The summed E-state index contributed by atoms with van der Waals surface area (Å²) in [6, 6.07) is 5.44. The molecule has 2 aromatic heterocycles. The predicted octanol–water partition coefficient (Wildman–Crippen LogP) is 2.43. The third kappa shape index (κ3) is 3.99. The van der Waals surface area contributed by atoms with Crippen LogP contribution in [0.15, 0.2) is 33.4 Å². The normalized spacial score (nSPS) is 11.2. The minimum absolute atomic E-state index is 0.0151. The zero-order chi connectivity index (χ0) is 18.0. The van der Waals surface area contributed by atoms with Gasteiger partial charge < -0.3 is 4.74 Å². The van der Waals surface area contributed by atoms with E-state index in [-0.39, 0.29) is 28.5 Å². The summed E-state index contributed by atoms with van der Waals surface area (Å²) in [7, 11) is 0. The van der Waals surface area contributed by atoms with Crippen LogP contribution in [-0.2, 0) is 0 Å². The van der Waals surface area contributed by atoms with Crippen molar-refractivity contribution in [1.29, 1.82) is 0 Å². The van der Waals surface area contributed by atoms with Crippen LogP contribution in [0.25, 0.3) is 4.96 Å². The van der Waals surface area contributed by atoms with Gasteiger partial charge in [-0.3, -0.25) is 9.59 Å². The van der Waals surface area contributed by atoms with E-state index in [2.05, 4.69) is 20.0 Å². The summed E-state index contributed by atoms with van der Waals surface area (Å²) in [4.78, 5) is 24.4. The summed E-state index contributed by atoms with van der Waals surface area (Å²) in [5.41, 5.74) is 0.249. The zero-order valence-corrected chi connectivity index (χ0v) is 14.3. The Morgan fingerprint density at radius 1 is 1.32 bits per heavy atom. The van der Waals surface area contributed by atoms with Gasteiger partial charge in [0.1, 0.15) is 11.4 Å². The van der Waals surface area contributed by atoms with E-state index >= 15 is 0 Å². The van der Waals surface area contributed by atoms with Crippen LogP contribution < -0.4 is 10.3 Å². The average Bonchev–Trinajstić information content (AvgIpc) is 3.00. The van der Waals surface area contributed by atoms with Crippen LogP contribution >= 0.6 is 23.1 Å². The highest BCUT2D eigenvalue weighted by atomic mass is 32.2. The fourth-order valence-corrected chi connectivity index (χ4v) is 3.63. The summed E-state index contributed by atoms with van der Waals surface area (Å²) in [5, 5.41) is 11.7. The third-order valence-corrected chi connectivity index (χ3v) is 5.09. The second-order valence-electron chi connectivity index (χ2n) is 4.77. The number of ketones is 1. The first-order chi connectivity index (χ1) is 11.9. The number of ether oxygens (including phenoxy) is 1. The fourth-order valence-electron chi connectivity index (χ4n) is 1.87. The van der Waals surface area contributed by atoms with Crippen molar-refractivity contribution in [2.24, 2.45) is 0 Å². The van der Waals surface area contributed by atoms with Gasteiger partial charge in [0, 0.05) is 5.56 Å². The molecule has 0 unspecified atom stereocenters. The molecule has 0 bridgehead atoms. The quantitative estimate of drug-likeness (QED) is 0.476. The first kappa shape index (κ1) is 17.4. The number of benzene rings is 1. The van der Waals surface area contributed by atoms with Gasteiger partial charge in [-0.05, 0) is 31.2 Å².